The number of hydrogen-bond acceptors (Lipinski definition) is 3. The molecule has 40 valence electrons. The Balaban J connectivity index is -0.0000000800. The van der Waals surface area contributed by atoms with E-state index in [1.807, 2.05) is 0 Å². The summed E-state index contributed by atoms with van der Waals surface area (Å²) in [5, 5.41) is 15.2. The summed E-state index contributed by atoms with van der Waals surface area (Å²) in [6.07, 6.45) is 0. The molecule has 0 atom stereocenters. The minimum absolute atomic E-state index is 0. The molecule has 0 heterocycles. The Labute approximate surface area is 102 Å². The van der Waals surface area contributed by atoms with E-state index in [1.165, 1.54) is 0 Å². The first kappa shape index (κ1) is 16.2. The Morgan fingerprint density at radius 3 is 1.71 bits per heavy atom. The quantitative estimate of drug-likeness (QED) is 0.271. The number of rotatable bonds is 2. The molecule has 0 saturated heterocycles. The van der Waals surface area contributed by atoms with Crippen molar-refractivity contribution in [3.63, 3.8) is 0 Å². The summed E-state index contributed by atoms with van der Waals surface area (Å²) in [6.45, 7) is -0.128. The Kier molecular flexibility index (Phi) is 36.5. The fourth-order valence-electron chi connectivity index (χ4n) is 0.0408. The monoisotopic (exact) mass is 162 g/mol. The van der Waals surface area contributed by atoms with Crippen LogP contribution in [0.2, 0.25) is 0 Å². The van der Waals surface area contributed by atoms with Gasteiger partial charge in [0.05, 0.1) is 6.61 Å². The Hall–Kier alpha value is 2.40. The molecule has 5 heteroatoms. The van der Waals surface area contributed by atoms with Gasteiger partial charge in [0, 0.05) is 0 Å². The molecule has 7 heavy (non-hydrogen) atoms. The molecule has 3 nitrogen and oxygen atoms in total. The molecule has 0 aliphatic carbocycles. The van der Waals surface area contributed by atoms with Gasteiger partial charge in [0.25, 0.3) is 0 Å². The number of hydrogen-bond donors (Lipinski definition) is 2. The summed E-state index contributed by atoms with van der Waals surface area (Å²) < 4.78 is 0. The van der Waals surface area contributed by atoms with Crippen molar-refractivity contribution >= 4 is 75.5 Å². The normalized spacial score (nSPS) is 6.00. The molecule has 0 spiro atoms. The molecule has 0 unspecified atom stereocenters. The van der Waals surface area contributed by atoms with Gasteiger partial charge in [-0.05, 0) is 0 Å². The third-order valence-electron chi connectivity index (χ3n) is 0.183. The van der Waals surface area contributed by atoms with E-state index in [1.54, 1.807) is 0 Å². The van der Waals surface area contributed by atoms with Crippen LogP contribution in [0, 0.1) is 0 Å². The first-order chi connectivity index (χ1) is 2.41. The molecule has 0 rings (SSSR count). The molecule has 0 amide bonds. The third-order valence-corrected chi connectivity index (χ3v) is 0.183. The topological polar surface area (TPSA) is 49.7 Å². The number of aliphatic hydroxyl groups is 1. The molecule has 0 fully saturated rings. The van der Waals surface area contributed by atoms with E-state index < -0.39 is 0 Å². The summed E-state index contributed by atoms with van der Waals surface area (Å²) in [6, 6.07) is 0. The van der Waals surface area contributed by atoms with Crippen LogP contribution >= 0.6 is 0 Å². The zero-order valence-corrected chi connectivity index (χ0v) is 2.72. The molecule has 0 aromatic heterocycles. The van der Waals surface area contributed by atoms with Gasteiger partial charge >= 0.3 is 75.5 Å². The average Bonchev–Trinajstić information content (AvgIpc) is 1.41. The van der Waals surface area contributed by atoms with Crippen molar-refractivity contribution in [1.29, 1.82) is 0 Å². The fraction of sp³-hybridized carbons (Fsp3) is 1.00. The second kappa shape index (κ2) is 15.8. The molecule has 0 bridgehead atoms. The van der Waals surface area contributed by atoms with Crippen molar-refractivity contribution in [2.24, 2.45) is 0 Å². The molecule has 2 N–H and O–H groups in total. The zero-order chi connectivity index (χ0) is 4.12. The van der Waals surface area contributed by atoms with Gasteiger partial charge in [-0.2, -0.15) is 0 Å². The molecular formula is C2H10Ca2O3. The van der Waals surface area contributed by atoms with E-state index in [-0.39, 0.29) is 88.7 Å². The van der Waals surface area contributed by atoms with Gasteiger partial charge in [0.2, 0.25) is 0 Å². The molecular weight excluding hydrogens is 152 g/mol. The van der Waals surface area contributed by atoms with E-state index in [0.717, 1.165) is 0 Å². The van der Waals surface area contributed by atoms with E-state index in [9.17, 15) is 0 Å². The molecule has 0 aliphatic heterocycles. The standard InChI is InChI=1S/C2H6O3.2Ca.4H/c3-1-2-5-4;;;;;;/h3-4H,1-2H2;;;;;;. The van der Waals surface area contributed by atoms with Crippen LogP contribution in [0.1, 0.15) is 0 Å². The van der Waals surface area contributed by atoms with Gasteiger partial charge in [0.1, 0.15) is 6.61 Å². The maximum atomic E-state index is 7.78. The van der Waals surface area contributed by atoms with Crippen LogP contribution < -0.4 is 0 Å². The number of aliphatic hydroxyl groups excluding tert-OH is 1. The van der Waals surface area contributed by atoms with E-state index in [0.29, 0.717) is 0 Å². The summed E-state index contributed by atoms with van der Waals surface area (Å²) in [5.41, 5.74) is 0. The van der Waals surface area contributed by atoms with Crippen LogP contribution in [0.3, 0.4) is 0 Å². The predicted octanol–water partition coefficient (Wildman–Crippen LogP) is -2.36. The van der Waals surface area contributed by atoms with E-state index in [4.69, 9.17) is 10.4 Å². The van der Waals surface area contributed by atoms with Crippen molar-refractivity contribution in [1.82, 2.24) is 0 Å². The van der Waals surface area contributed by atoms with Crippen molar-refractivity contribution in [2.45, 2.75) is 0 Å². The summed E-state index contributed by atoms with van der Waals surface area (Å²) in [5.74, 6) is 0. The Morgan fingerprint density at radius 1 is 1.29 bits per heavy atom. The van der Waals surface area contributed by atoms with Crippen molar-refractivity contribution in [2.75, 3.05) is 13.2 Å². The van der Waals surface area contributed by atoms with Crippen LogP contribution in [0.5, 0.6) is 0 Å². The second-order valence-corrected chi connectivity index (χ2v) is 0.557. The molecule has 0 radical (unpaired) electrons. The molecule has 0 saturated carbocycles. The van der Waals surface area contributed by atoms with Crippen molar-refractivity contribution < 1.29 is 15.3 Å². The second-order valence-electron chi connectivity index (χ2n) is 0.557. The Bertz CT molecular complexity index is 18.4. The fourth-order valence-corrected chi connectivity index (χ4v) is 0.0408. The van der Waals surface area contributed by atoms with Crippen molar-refractivity contribution in [3.8, 4) is 0 Å². The molecule has 0 aromatic carbocycles. The van der Waals surface area contributed by atoms with E-state index >= 15 is 0 Å². The Morgan fingerprint density at radius 2 is 1.71 bits per heavy atom. The van der Waals surface area contributed by atoms with Crippen LogP contribution in [0.4, 0.5) is 0 Å². The summed E-state index contributed by atoms with van der Waals surface area (Å²) in [4.78, 5) is 3.44. The summed E-state index contributed by atoms with van der Waals surface area (Å²) >= 11 is 0. The predicted molar refractivity (Wildman–Crippen MR) is 32.8 cm³/mol. The van der Waals surface area contributed by atoms with E-state index in [2.05, 4.69) is 4.89 Å². The van der Waals surface area contributed by atoms with Crippen LogP contribution in [0.15, 0.2) is 0 Å². The maximum absolute atomic E-state index is 7.78. The van der Waals surface area contributed by atoms with Gasteiger partial charge in [0.15, 0.2) is 0 Å². The molecule has 0 aromatic rings. The average molecular weight is 162 g/mol. The van der Waals surface area contributed by atoms with Gasteiger partial charge in [-0.1, -0.05) is 0 Å². The first-order valence-electron chi connectivity index (χ1n) is 1.29. The van der Waals surface area contributed by atoms with Gasteiger partial charge < -0.3 is 5.11 Å². The van der Waals surface area contributed by atoms with Crippen LogP contribution in [-0.2, 0) is 4.89 Å². The SMILES string of the molecule is OCCOO.[CaH2].[CaH2]. The first-order valence-corrected chi connectivity index (χ1v) is 1.29. The van der Waals surface area contributed by atoms with Gasteiger partial charge in [-0.25, -0.2) is 4.89 Å². The van der Waals surface area contributed by atoms with Crippen LogP contribution in [0.25, 0.3) is 0 Å². The summed E-state index contributed by atoms with van der Waals surface area (Å²) in [7, 11) is 0. The van der Waals surface area contributed by atoms with Gasteiger partial charge in [-0.3, -0.25) is 5.26 Å². The van der Waals surface area contributed by atoms with Crippen molar-refractivity contribution in [3.05, 3.63) is 0 Å². The van der Waals surface area contributed by atoms with Gasteiger partial charge in [-0.15, -0.1) is 0 Å². The van der Waals surface area contributed by atoms with Crippen LogP contribution in [-0.4, -0.2) is 99.1 Å². The minimum atomic E-state index is -0.128. The zero-order valence-electron chi connectivity index (χ0n) is 2.72. The molecule has 0 aliphatic rings. The third kappa shape index (κ3) is 17.8.